The lowest BCUT2D eigenvalue weighted by Gasteiger charge is -2.30. The van der Waals surface area contributed by atoms with Crippen molar-refractivity contribution in [3.8, 4) is 5.75 Å². The number of aryl methyl sites for hydroxylation is 2. The highest BCUT2D eigenvalue weighted by atomic mass is 32.2. The van der Waals surface area contributed by atoms with E-state index < -0.39 is 10.0 Å². The van der Waals surface area contributed by atoms with Gasteiger partial charge in [0, 0.05) is 34.3 Å². The van der Waals surface area contributed by atoms with Crippen LogP contribution in [0.4, 0.5) is 0 Å². The first-order valence-electron chi connectivity index (χ1n) is 8.58. The second kappa shape index (κ2) is 7.50. The number of Topliss-reactive ketones (excluding diaryl/α,β-unsaturated/α-hetero) is 1. The number of carbonyl (C=O) groups is 1. The van der Waals surface area contributed by atoms with Crippen LogP contribution in [0.3, 0.4) is 0 Å². The first-order chi connectivity index (χ1) is 12.3. The van der Waals surface area contributed by atoms with Gasteiger partial charge in [0.05, 0.1) is 12.0 Å². The summed E-state index contributed by atoms with van der Waals surface area (Å²) in [7, 11) is -1.89. The van der Waals surface area contributed by atoms with E-state index in [2.05, 4.69) is 0 Å². The zero-order valence-corrected chi connectivity index (χ0v) is 16.8. The molecule has 0 saturated carbocycles. The number of nitrogens with zero attached hydrogens (tertiary/aromatic N) is 1. The van der Waals surface area contributed by atoms with Crippen LogP contribution in [0.15, 0.2) is 35.2 Å². The van der Waals surface area contributed by atoms with Gasteiger partial charge in [0.2, 0.25) is 10.0 Å². The Morgan fingerprint density at radius 1 is 1.15 bits per heavy atom. The Balaban J connectivity index is 1.68. The van der Waals surface area contributed by atoms with Gasteiger partial charge >= 0.3 is 0 Å². The van der Waals surface area contributed by atoms with Crippen LogP contribution in [-0.4, -0.2) is 38.7 Å². The Bertz CT molecular complexity index is 892. The van der Waals surface area contributed by atoms with Crippen LogP contribution in [0.25, 0.3) is 0 Å². The molecule has 0 atom stereocenters. The van der Waals surface area contributed by atoms with Gasteiger partial charge in [-0.2, -0.15) is 4.31 Å². The van der Waals surface area contributed by atoms with Gasteiger partial charge in [-0.15, -0.1) is 11.3 Å². The van der Waals surface area contributed by atoms with E-state index in [0.717, 1.165) is 9.75 Å². The molecule has 5 nitrogen and oxygen atoms in total. The van der Waals surface area contributed by atoms with Gasteiger partial charge in [-0.1, -0.05) is 0 Å². The SMILES string of the molecule is COc1ccc(C(=O)C2CCN(S(=O)(=O)c3cc(C)sc3C)CC2)cc1. The van der Waals surface area contributed by atoms with Crippen molar-refractivity contribution in [2.45, 2.75) is 31.6 Å². The number of hydrogen-bond donors (Lipinski definition) is 0. The van der Waals surface area contributed by atoms with Gasteiger partial charge < -0.3 is 4.74 Å². The van der Waals surface area contributed by atoms with Crippen molar-refractivity contribution in [3.63, 3.8) is 0 Å². The number of hydrogen-bond acceptors (Lipinski definition) is 5. The minimum atomic E-state index is -3.48. The van der Waals surface area contributed by atoms with Crippen molar-refractivity contribution < 1.29 is 17.9 Å². The molecule has 0 amide bonds. The number of benzene rings is 1. The van der Waals surface area contributed by atoms with Crippen molar-refractivity contribution in [3.05, 3.63) is 45.6 Å². The van der Waals surface area contributed by atoms with Crippen LogP contribution >= 0.6 is 11.3 Å². The number of thiophene rings is 1. The third kappa shape index (κ3) is 3.70. The monoisotopic (exact) mass is 393 g/mol. The van der Waals surface area contributed by atoms with Gasteiger partial charge in [-0.3, -0.25) is 4.79 Å². The van der Waals surface area contributed by atoms with Gasteiger partial charge in [-0.05, 0) is 57.0 Å². The number of ether oxygens (including phenoxy) is 1. The normalized spacial score (nSPS) is 16.6. The minimum Gasteiger partial charge on any atom is -0.497 e. The van der Waals surface area contributed by atoms with Gasteiger partial charge in [0.15, 0.2) is 5.78 Å². The molecule has 26 heavy (non-hydrogen) atoms. The molecule has 0 radical (unpaired) electrons. The fourth-order valence-corrected chi connectivity index (χ4v) is 6.35. The van der Waals surface area contributed by atoms with E-state index in [4.69, 9.17) is 4.74 Å². The molecular weight excluding hydrogens is 370 g/mol. The Morgan fingerprint density at radius 2 is 1.77 bits per heavy atom. The number of rotatable bonds is 5. The van der Waals surface area contributed by atoms with E-state index in [1.54, 1.807) is 37.4 Å². The number of methoxy groups -OCH3 is 1. The van der Waals surface area contributed by atoms with E-state index in [-0.39, 0.29) is 11.7 Å². The van der Waals surface area contributed by atoms with Crippen LogP contribution in [0.2, 0.25) is 0 Å². The third-order valence-electron chi connectivity index (χ3n) is 4.81. The Labute approximate surface area is 158 Å². The summed E-state index contributed by atoms with van der Waals surface area (Å²) >= 11 is 1.50. The maximum absolute atomic E-state index is 12.9. The summed E-state index contributed by atoms with van der Waals surface area (Å²) in [6, 6.07) is 8.82. The molecule has 0 N–H and O–H groups in total. The smallest absolute Gasteiger partial charge is 0.244 e. The predicted molar refractivity (Wildman–Crippen MR) is 103 cm³/mol. The highest BCUT2D eigenvalue weighted by molar-refractivity contribution is 7.89. The maximum Gasteiger partial charge on any atom is 0.244 e. The van der Waals surface area contributed by atoms with Crippen molar-refractivity contribution in [2.24, 2.45) is 5.92 Å². The van der Waals surface area contributed by atoms with Gasteiger partial charge in [0.25, 0.3) is 0 Å². The molecule has 2 heterocycles. The van der Waals surface area contributed by atoms with Gasteiger partial charge in [-0.25, -0.2) is 8.42 Å². The van der Waals surface area contributed by atoms with Crippen molar-refractivity contribution >= 4 is 27.1 Å². The highest BCUT2D eigenvalue weighted by Crippen LogP contribution is 2.31. The molecule has 140 valence electrons. The average molecular weight is 394 g/mol. The van der Waals surface area contributed by atoms with Crippen LogP contribution in [-0.2, 0) is 10.0 Å². The molecule has 3 rings (SSSR count). The maximum atomic E-state index is 12.9. The van der Waals surface area contributed by atoms with E-state index in [1.807, 2.05) is 13.8 Å². The van der Waals surface area contributed by atoms with E-state index in [1.165, 1.54) is 15.6 Å². The highest BCUT2D eigenvalue weighted by Gasteiger charge is 2.33. The Kier molecular flexibility index (Phi) is 5.50. The zero-order chi connectivity index (χ0) is 18.9. The zero-order valence-electron chi connectivity index (χ0n) is 15.2. The molecule has 0 aliphatic carbocycles. The van der Waals surface area contributed by atoms with E-state index in [0.29, 0.717) is 42.1 Å². The van der Waals surface area contributed by atoms with Crippen molar-refractivity contribution in [2.75, 3.05) is 20.2 Å². The Hall–Kier alpha value is -1.70. The molecular formula is C19H23NO4S2. The number of ketones is 1. The first-order valence-corrected chi connectivity index (χ1v) is 10.8. The standard InChI is InChI=1S/C19H23NO4S2/c1-13-12-18(14(2)25-13)26(22,23)20-10-8-16(9-11-20)19(21)15-4-6-17(24-3)7-5-15/h4-7,12,16H,8-11H2,1-3H3. The van der Waals surface area contributed by atoms with E-state index >= 15 is 0 Å². The molecule has 1 aromatic heterocycles. The molecule has 1 aliphatic heterocycles. The molecule has 1 fully saturated rings. The van der Waals surface area contributed by atoms with Crippen LogP contribution in [0.1, 0.15) is 33.0 Å². The summed E-state index contributed by atoms with van der Waals surface area (Å²) < 4.78 is 32.4. The first kappa shape index (κ1) is 19.1. The number of carbonyl (C=O) groups excluding carboxylic acids is 1. The summed E-state index contributed by atoms with van der Waals surface area (Å²) in [4.78, 5) is 14.9. The quantitative estimate of drug-likeness (QED) is 0.727. The molecule has 2 aromatic rings. The molecule has 7 heteroatoms. The lowest BCUT2D eigenvalue weighted by molar-refractivity contribution is 0.0875. The van der Waals surface area contributed by atoms with Crippen LogP contribution in [0, 0.1) is 19.8 Å². The van der Waals surface area contributed by atoms with Crippen molar-refractivity contribution in [1.29, 1.82) is 0 Å². The van der Waals surface area contributed by atoms with E-state index in [9.17, 15) is 13.2 Å². The lowest BCUT2D eigenvalue weighted by Crippen LogP contribution is -2.40. The molecule has 1 aromatic carbocycles. The Morgan fingerprint density at radius 3 is 2.27 bits per heavy atom. The lowest BCUT2D eigenvalue weighted by atomic mass is 9.89. The van der Waals surface area contributed by atoms with Crippen LogP contribution < -0.4 is 4.74 Å². The third-order valence-corrected chi connectivity index (χ3v) is 7.93. The van der Waals surface area contributed by atoms with Crippen molar-refractivity contribution in [1.82, 2.24) is 4.31 Å². The predicted octanol–water partition coefficient (Wildman–Crippen LogP) is 3.66. The number of sulfonamides is 1. The molecule has 0 unspecified atom stereocenters. The summed E-state index contributed by atoms with van der Waals surface area (Å²) in [6.45, 7) is 4.51. The summed E-state index contributed by atoms with van der Waals surface area (Å²) in [6.07, 6.45) is 1.10. The molecule has 0 bridgehead atoms. The average Bonchev–Trinajstić information content (AvgIpc) is 3.00. The molecule has 1 saturated heterocycles. The number of piperidine rings is 1. The second-order valence-electron chi connectivity index (χ2n) is 6.55. The largest absolute Gasteiger partial charge is 0.497 e. The second-order valence-corrected chi connectivity index (χ2v) is 9.92. The minimum absolute atomic E-state index is 0.0762. The molecule has 0 spiro atoms. The summed E-state index contributed by atoms with van der Waals surface area (Å²) in [5, 5.41) is 0. The van der Waals surface area contributed by atoms with Gasteiger partial charge in [0.1, 0.15) is 5.75 Å². The summed E-state index contributed by atoms with van der Waals surface area (Å²) in [5.74, 6) is 0.649. The molecule has 1 aliphatic rings. The van der Waals surface area contributed by atoms with Crippen LogP contribution in [0.5, 0.6) is 5.75 Å². The summed E-state index contributed by atoms with van der Waals surface area (Å²) in [5.41, 5.74) is 0.649. The fourth-order valence-electron chi connectivity index (χ4n) is 3.35. The fraction of sp³-hybridized carbons (Fsp3) is 0.421. The topological polar surface area (TPSA) is 63.7 Å².